The number of fused-ring (bicyclic) bond motifs is 1. The molecule has 28 heavy (non-hydrogen) atoms. The minimum absolute atomic E-state index is 0.0174. The molecule has 144 valence electrons. The summed E-state index contributed by atoms with van der Waals surface area (Å²) in [5, 5.41) is 13.2. The summed E-state index contributed by atoms with van der Waals surface area (Å²) in [6.07, 6.45) is 0.0174. The molecule has 0 aliphatic rings. The van der Waals surface area contributed by atoms with E-state index in [1.807, 2.05) is 20.8 Å². The molecule has 0 saturated heterocycles. The van der Waals surface area contributed by atoms with Crippen LogP contribution in [0.15, 0.2) is 53.3 Å². The van der Waals surface area contributed by atoms with Crippen molar-refractivity contribution in [3.63, 3.8) is 0 Å². The summed E-state index contributed by atoms with van der Waals surface area (Å²) in [7, 11) is 0. The smallest absolute Gasteiger partial charge is 0.272 e. The molecule has 0 aliphatic heterocycles. The quantitative estimate of drug-likeness (QED) is 0.649. The third-order valence-electron chi connectivity index (χ3n) is 4.02. The molecule has 1 heterocycles. The maximum absolute atomic E-state index is 12.4. The van der Waals surface area contributed by atoms with Crippen molar-refractivity contribution >= 4 is 28.3 Å². The summed E-state index contributed by atoms with van der Waals surface area (Å²) in [5.41, 5.74) is 0.973. The minimum atomic E-state index is -0.323. The molecular formula is C21H22N4O3. The Bertz CT molecular complexity index is 1080. The highest BCUT2D eigenvalue weighted by atomic mass is 16.2. The Labute approximate surface area is 162 Å². The molecule has 0 radical (unpaired) electrons. The third kappa shape index (κ3) is 4.62. The Hall–Kier alpha value is -3.48. The molecule has 2 aromatic carbocycles. The number of carbonyl (C=O) groups is 2. The van der Waals surface area contributed by atoms with Crippen LogP contribution in [0.5, 0.6) is 0 Å². The number of benzene rings is 2. The van der Waals surface area contributed by atoms with E-state index >= 15 is 0 Å². The van der Waals surface area contributed by atoms with E-state index in [4.69, 9.17) is 0 Å². The highest BCUT2D eigenvalue weighted by Gasteiger charge is 2.15. The first-order valence-corrected chi connectivity index (χ1v) is 8.92. The molecule has 0 aliphatic carbocycles. The number of aromatic nitrogens is 2. The number of anilines is 1. The molecule has 1 aromatic heterocycles. The zero-order valence-corrected chi connectivity index (χ0v) is 16.0. The van der Waals surface area contributed by atoms with Gasteiger partial charge in [0, 0.05) is 22.2 Å². The van der Waals surface area contributed by atoms with Gasteiger partial charge >= 0.3 is 0 Å². The maximum atomic E-state index is 12.4. The summed E-state index contributed by atoms with van der Waals surface area (Å²) in [5.74, 6) is -0.439. The van der Waals surface area contributed by atoms with Crippen LogP contribution in [0, 0.1) is 0 Å². The summed E-state index contributed by atoms with van der Waals surface area (Å²) >= 11 is 0. The monoisotopic (exact) mass is 378 g/mol. The SMILES string of the molecule is CC(C)(C)NC(=O)c1ccc(NC(=O)Cc2n[nH]c(=O)c3ccccc23)cc1. The highest BCUT2D eigenvalue weighted by molar-refractivity contribution is 5.97. The molecule has 2 amide bonds. The topological polar surface area (TPSA) is 104 Å². The van der Waals surface area contributed by atoms with Crippen molar-refractivity contribution < 1.29 is 9.59 Å². The molecule has 0 bridgehead atoms. The van der Waals surface area contributed by atoms with Gasteiger partial charge < -0.3 is 10.6 Å². The zero-order chi connectivity index (χ0) is 20.3. The van der Waals surface area contributed by atoms with Crippen LogP contribution in [-0.2, 0) is 11.2 Å². The van der Waals surface area contributed by atoms with E-state index in [0.717, 1.165) is 0 Å². The minimum Gasteiger partial charge on any atom is -0.347 e. The van der Waals surface area contributed by atoms with Crippen molar-refractivity contribution in [1.29, 1.82) is 0 Å². The van der Waals surface area contributed by atoms with Crippen LogP contribution in [0.3, 0.4) is 0 Å². The van der Waals surface area contributed by atoms with Crippen LogP contribution in [0.4, 0.5) is 5.69 Å². The van der Waals surface area contributed by atoms with Gasteiger partial charge in [-0.25, -0.2) is 5.10 Å². The first-order valence-electron chi connectivity index (χ1n) is 8.92. The lowest BCUT2D eigenvalue weighted by molar-refractivity contribution is -0.115. The van der Waals surface area contributed by atoms with Crippen molar-refractivity contribution in [2.24, 2.45) is 0 Å². The third-order valence-corrected chi connectivity index (χ3v) is 4.02. The predicted molar refractivity (Wildman–Crippen MR) is 108 cm³/mol. The van der Waals surface area contributed by atoms with Gasteiger partial charge in [-0.2, -0.15) is 5.10 Å². The Morgan fingerprint density at radius 3 is 2.29 bits per heavy atom. The normalized spacial score (nSPS) is 11.2. The number of nitrogens with zero attached hydrogens (tertiary/aromatic N) is 1. The van der Waals surface area contributed by atoms with Crippen LogP contribution in [0.1, 0.15) is 36.8 Å². The lowest BCUT2D eigenvalue weighted by Gasteiger charge is -2.20. The van der Waals surface area contributed by atoms with E-state index in [0.29, 0.717) is 27.7 Å². The van der Waals surface area contributed by atoms with Gasteiger partial charge in [0.25, 0.3) is 11.5 Å². The van der Waals surface area contributed by atoms with Crippen LogP contribution < -0.4 is 16.2 Å². The first kappa shape index (κ1) is 19.3. The highest BCUT2D eigenvalue weighted by Crippen LogP contribution is 2.15. The van der Waals surface area contributed by atoms with Gasteiger partial charge in [-0.05, 0) is 51.1 Å². The van der Waals surface area contributed by atoms with E-state index in [2.05, 4.69) is 20.8 Å². The van der Waals surface area contributed by atoms with Gasteiger partial charge in [-0.1, -0.05) is 18.2 Å². The largest absolute Gasteiger partial charge is 0.347 e. The zero-order valence-electron chi connectivity index (χ0n) is 16.0. The Morgan fingerprint density at radius 2 is 1.64 bits per heavy atom. The lowest BCUT2D eigenvalue weighted by Crippen LogP contribution is -2.40. The second-order valence-electron chi connectivity index (χ2n) is 7.55. The standard InChI is InChI=1S/C21H22N4O3/c1-21(2,3)23-19(27)13-8-10-14(11-9-13)22-18(26)12-17-15-6-4-5-7-16(15)20(28)25-24-17/h4-11H,12H2,1-3H3,(H,22,26)(H,23,27)(H,25,28). The van der Waals surface area contributed by atoms with Gasteiger partial charge in [-0.15, -0.1) is 0 Å². The van der Waals surface area contributed by atoms with Crippen molar-refractivity contribution in [3.8, 4) is 0 Å². The number of aromatic amines is 1. The molecule has 3 rings (SSSR count). The van der Waals surface area contributed by atoms with Gasteiger partial charge in [0.05, 0.1) is 17.5 Å². The number of rotatable bonds is 4. The number of amides is 2. The van der Waals surface area contributed by atoms with Crippen LogP contribution in [-0.4, -0.2) is 27.6 Å². The van der Waals surface area contributed by atoms with E-state index in [1.54, 1.807) is 48.5 Å². The second-order valence-corrected chi connectivity index (χ2v) is 7.55. The van der Waals surface area contributed by atoms with Crippen molar-refractivity contribution in [1.82, 2.24) is 15.5 Å². The van der Waals surface area contributed by atoms with Gasteiger partial charge in [0.1, 0.15) is 0 Å². The fraction of sp³-hybridized carbons (Fsp3) is 0.238. The van der Waals surface area contributed by atoms with Crippen LogP contribution >= 0.6 is 0 Å². The fourth-order valence-electron chi connectivity index (χ4n) is 2.78. The summed E-state index contributed by atoms with van der Waals surface area (Å²) in [4.78, 5) is 36.4. The number of carbonyl (C=O) groups excluding carboxylic acids is 2. The molecule has 3 N–H and O–H groups in total. The van der Waals surface area contributed by atoms with Gasteiger partial charge in [0.2, 0.25) is 5.91 Å². The predicted octanol–water partition coefficient (Wildman–Crippen LogP) is 2.63. The number of H-pyrrole nitrogens is 1. The van der Waals surface area contributed by atoms with Crippen molar-refractivity contribution in [2.45, 2.75) is 32.7 Å². The average Bonchev–Trinajstić information content (AvgIpc) is 2.63. The molecule has 3 aromatic rings. The van der Waals surface area contributed by atoms with Gasteiger partial charge in [0.15, 0.2) is 0 Å². The fourth-order valence-corrected chi connectivity index (χ4v) is 2.78. The molecule has 0 saturated carbocycles. The van der Waals surface area contributed by atoms with Crippen LogP contribution in [0.25, 0.3) is 10.8 Å². The van der Waals surface area contributed by atoms with Gasteiger partial charge in [-0.3, -0.25) is 14.4 Å². The number of hydrogen-bond donors (Lipinski definition) is 3. The van der Waals surface area contributed by atoms with E-state index < -0.39 is 0 Å². The van der Waals surface area contributed by atoms with E-state index in [1.165, 1.54) is 0 Å². The van der Waals surface area contributed by atoms with Crippen LogP contribution in [0.2, 0.25) is 0 Å². The van der Waals surface area contributed by atoms with Crippen molar-refractivity contribution in [2.75, 3.05) is 5.32 Å². The molecule has 7 heteroatoms. The molecular weight excluding hydrogens is 356 g/mol. The summed E-state index contributed by atoms with van der Waals surface area (Å²) in [6, 6.07) is 13.7. The summed E-state index contributed by atoms with van der Waals surface area (Å²) in [6.45, 7) is 5.73. The molecule has 0 spiro atoms. The number of nitrogens with one attached hydrogen (secondary N) is 3. The van der Waals surface area contributed by atoms with E-state index in [9.17, 15) is 14.4 Å². The molecule has 0 unspecified atom stereocenters. The Balaban J connectivity index is 1.70. The lowest BCUT2D eigenvalue weighted by atomic mass is 10.1. The molecule has 0 fully saturated rings. The second kappa shape index (κ2) is 7.64. The van der Waals surface area contributed by atoms with E-state index in [-0.39, 0.29) is 29.3 Å². The Kier molecular flexibility index (Phi) is 5.26. The molecule has 0 atom stereocenters. The average molecular weight is 378 g/mol. The van der Waals surface area contributed by atoms with Crippen molar-refractivity contribution in [3.05, 3.63) is 70.1 Å². The molecule has 7 nitrogen and oxygen atoms in total. The Morgan fingerprint density at radius 1 is 1.00 bits per heavy atom. The number of hydrogen-bond acceptors (Lipinski definition) is 4. The maximum Gasteiger partial charge on any atom is 0.272 e. The summed E-state index contributed by atoms with van der Waals surface area (Å²) < 4.78 is 0. The first-order chi connectivity index (χ1) is 13.2.